The number of carboxylic acids is 1. The van der Waals surface area contributed by atoms with Gasteiger partial charge in [0.15, 0.2) is 17.5 Å². The first-order valence-electron chi connectivity index (χ1n) is 19.1. The van der Waals surface area contributed by atoms with Gasteiger partial charge in [-0.05, 0) is 55.0 Å². The number of nitrogens with zero attached hydrogens (tertiary/aromatic N) is 3. The zero-order valence-electron chi connectivity index (χ0n) is 32.3. The molecule has 19 nitrogen and oxygen atoms in total. The summed E-state index contributed by atoms with van der Waals surface area (Å²) >= 11 is 0. The zero-order chi connectivity index (χ0) is 43.8. The molecular weight excluding hydrogens is 807 g/mol. The van der Waals surface area contributed by atoms with E-state index in [2.05, 4.69) is 11.2 Å². The molecule has 1 aliphatic carbocycles. The second kappa shape index (κ2) is 15.2. The molecule has 4 aliphatic rings. The maximum atomic E-state index is 15.4. The van der Waals surface area contributed by atoms with Crippen LogP contribution in [0.15, 0.2) is 35.1 Å². The van der Waals surface area contributed by atoms with Crippen molar-refractivity contribution in [2.75, 3.05) is 0 Å². The van der Waals surface area contributed by atoms with Crippen LogP contribution in [0.2, 0.25) is 0 Å². The van der Waals surface area contributed by atoms with Crippen molar-refractivity contribution in [1.29, 1.82) is 0 Å². The first-order chi connectivity index (χ1) is 29.0. The van der Waals surface area contributed by atoms with Crippen molar-refractivity contribution < 1.29 is 68.2 Å². The zero-order valence-corrected chi connectivity index (χ0v) is 32.3. The molecule has 2 aromatic carbocycles. The van der Waals surface area contributed by atoms with E-state index in [-0.39, 0.29) is 66.0 Å². The number of ether oxygens (including phenoxy) is 4. The molecule has 20 heteroatoms. The summed E-state index contributed by atoms with van der Waals surface area (Å²) in [5.41, 5.74) is -0.205. The van der Waals surface area contributed by atoms with Gasteiger partial charge in [-0.25, -0.2) is 23.8 Å². The Labute approximate surface area is 343 Å². The maximum Gasteiger partial charge on any atom is 0.408 e. The van der Waals surface area contributed by atoms with Gasteiger partial charge in [0.2, 0.25) is 6.29 Å². The van der Waals surface area contributed by atoms with E-state index < -0.39 is 94.2 Å². The molecule has 0 bridgehead atoms. The summed E-state index contributed by atoms with van der Waals surface area (Å²) in [5.74, 6) is -1.26. The molecule has 0 saturated carbocycles. The van der Waals surface area contributed by atoms with E-state index >= 15 is 4.39 Å². The number of aryl methyl sites for hydroxylation is 1. The van der Waals surface area contributed by atoms with Crippen LogP contribution in [0.25, 0.3) is 22.3 Å². The van der Waals surface area contributed by atoms with E-state index in [9.17, 15) is 54.8 Å². The minimum absolute atomic E-state index is 0.0200. The molecule has 1 amide bonds. The number of alkyl carbamates (subject to hydrolysis) is 1. The van der Waals surface area contributed by atoms with Crippen molar-refractivity contribution in [3.8, 4) is 29.5 Å². The average Bonchev–Trinajstić information content (AvgIpc) is 3.60. The van der Waals surface area contributed by atoms with Crippen LogP contribution >= 0.6 is 0 Å². The van der Waals surface area contributed by atoms with Gasteiger partial charge in [-0.2, -0.15) is 0 Å². The Morgan fingerprint density at radius 3 is 2.61 bits per heavy atom. The van der Waals surface area contributed by atoms with E-state index in [1.807, 2.05) is 0 Å². The monoisotopic (exact) mass is 844 g/mol. The molecule has 0 radical (unpaired) electrons. The van der Waals surface area contributed by atoms with Gasteiger partial charge >= 0.3 is 23.7 Å². The predicted molar refractivity (Wildman–Crippen MR) is 204 cm³/mol. The molecule has 4 aromatic rings. The van der Waals surface area contributed by atoms with Gasteiger partial charge in [-0.15, -0.1) is 12.3 Å². The summed E-state index contributed by atoms with van der Waals surface area (Å²) in [6.07, 6.45) is -6.51. The number of aliphatic hydroxyl groups excluding tert-OH is 3. The number of carboxylic acid groups (broad SMARTS) is 1. The van der Waals surface area contributed by atoms with E-state index in [0.717, 1.165) is 12.1 Å². The molecule has 318 valence electrons. The van der Waals surface area contributed by atoms with E-state index in [1.165, 1.54) is 22.8 Å². The lowest BCUT2D eigenvalue weighted by Gasteiger charge is -2.38. The number of aliphatic hydroxyl groups is 4. The molecule has 2 aromatic heterocycles. The van der Waals surface area contributed by atoms with Crippen molar-refractivity contribution in [1.82, 2.24) is 14.9 Å². The lowest BCUT2D eigenvalue weighted by atomic mass is 9.81. The largest absolute Gasteiger partial charge is 0.479 e. The summed E-state index contributed by atoms with van der Waals surface area (Å²) in [6, 6.07) is 5.31. The lowest BCUT2D eigenvalue weighted by Crippen LogP contribution is -2.61. The number of terminal acetylenes is 1. The number of hydrogen-bond donors (Lipinski definition) is 6. The van der Waals surface area contributed by atoms with E-state index in [1.54, 1.807) is 13.8 Å². The Balaban J connectivity index is 1.12. The molecule has 6 unspecified atom stereocenters. The molecule has 3 aliphatic heterocycles. The van der Waals surface area contributed by atoms with E-state index in [4.69, 9.17) is 30.4 Å². The Bertz CT molecular complexity index is 2680. The second-order valence-electron chi connectivity index (χ2n) is 15.2. The van der Waals surface area contributed by atoms with Crippen molar-refractivity contribution in [3.05, 3.63) is 95.6 Å². The summed E-state index contributed by atoms with van der Waals surface area (Å²) in [7, 11) is 0. The number of esters is 1. The number of aromatic nitrogens is 2. The normalized spacial score (nSPS) is 25.3. The Hall–Kier alpha value is -6.50. The average molecular weight is 845 g/mol. The number of halogens is 1. The Morgan fingerprint density at radius 2 is 1.92 bits per heavy atom. The molecular formula is C41H37FN4O15. The molecule has 1 saturated heterocycles. The fraction of sp³-hybridized carbons (Fsp3) is 0.390. The number of hydrogen-bond acceptors (Lipinski definition) is 15. The fourth-order valence-electron chi connectivity index (χ4n) is 8.59. The fourth-order valence-corrected chi connectivity index (χ4v) is 8.59. The summed E-state index contributed by atoms with van der Waals surface area (Å²) in [5, 5.41) is 66.9. The minimum Gasteiger partial charge on any atom is -0.479 e. The number of pyridine rings is 2. The number of carbonyl (C=O) groups is 3. The van der Waals surface area contributed by atoms with Gasteiger partial charge in [0.25, 0.3) is 5.56 Å². The highest BCUT2D eigenvalue weighted by Crippen LogP contribution is 2.46. The van der Waals surface area contributed by atoms with Gasteiger partial charge < -0.3 is 54.4 Å². The second-order valence-corrected chi connectivity index (χ2v) is 15.2. The highest BCUT2D eigenvalue weighted by atomic mass is 19.1. The van der Waals surface area contributed by atoms with Crippen molar-refractivity contribution in [3.63, 3.8) is 0 Å². The van der Waals surface area contributed by atoms with Crippen LogP contribution in [0.4, 0.5) is 14.9 Å². The number of nitrogens with one attached hydrogen (secondary N) is 1. The number of nitro groups is 1. The number of aliphatic carboxylic acids is 1. The number of rotatable bonds is 9. The number of fused-ring (bicyclic) bond motifs is 5. The molecule has 61 heavy (non-hydrogen) atoms. The van der Waals surface area contributed by atoms with Gasteiger partial charge in [0.05, 0.1) is 46.4 Å². The molecule has 1 fully saturated rings. The molecule has 0 spiro atoms. The Morgan fingerprint density at radius 1 is 1.16 bits per heavy atom. The maximum absolute atomic E-state index is 15.4. The Kier molecular flexibility index (Phi) is 10.3. The molecule has 8 atom stereocenters. The highest BCUT2D eigenvalue weighted by molar-refractivity contribution is 5.93. The standard InChI is InChI=1S/C41H37FN4O15/c1-4-6-27(17-7-10-28(25(11-17)46(56)57)59-38-34(49)32(47)33(48)35(61-38)37(51)52)60-40(54)44-23-9-8-18-16(3)22(42)13-24-29(18)30(23)19-14-45-26(31(19)43-24)12-21-20(36(45)50)15-58-39(53)41(21,55)5-2/h1,7,10-13,23,27,32-35,38,47-49,55H,5-6,8-9,14-15H2,2-3H3,(H,44,54)(H,51,52)/t23-,27?,32?,33?,34?,35?,38?,41-/m1/s1. The van der Waals surface area contributed by atoms with Crippen LogP contribution in [0.3, 0.4) is 0 Å². The first kappa shape index (κ1) is 41.2. The van der Waals surface area contributed by atoms with E-state index in [0.29, 0.717) is 34.1 Å². The van der Waals surface area contributed by atoms with Crippen LogP contribution in [-0.2, 0) is 49.0 Å². The molecule has 8 rings (SSSR count). The number of carbonyl (C=O) groups excluding carboxylic acids is 2. The molecule has 6 N–H and O–H groups in total. The van der Waals surface area contributed by atoms with Gasteiger partial charge in [0, 0.05) is 34.2 Å². The predicted octanol–water partition coefficient (Wildman–Crippen LogP) is 2.18. The van der Waals surface area contributed by atoms with Crippen molar-refractivity contribution in [2.45, 2.75) is 101 Å². The quantitative estimate of drug-likeness (QED) is 0.0537. The summed E-state index contributed by atoms with van der Waals surface area (Å²) in [6.45, 7) is 2.83. The lowest BCUT2D eigenvalue weighted by molar-refractivity contribution is -0.387. The van der Waals surface area contributed by atoms with Crippen LogP contribution in [0, 0.1) is 35.2 Å². The van der Waals surface area contributed by atoms with Crippen LogP contribution in [-0.4, -0.2) is 88.7 Å². The van der Waals surface area contributed by atoms with Crippen LogP contribution in [0.5, 0.6) is 5.75 Å². The van der Waals surface area contributed by atoms with Gasteiger partial charge in [-0.3, -0.25) is 14.9 Å². The SMILES string of the molecule is C#CCC(OC(=O)N[C@@H]1CCc2c(C)c(F)cc3nc4c(c1c23)Cn1c-4cc2c(c1=O)COC(=O)[C@@]2(O)CC)c1ccc(OC2OC(C(=O)O)C(O)C(O)C2O)c([N+](=O)[O-])c1. The van der Waals surface area contributed by atoms with Gasteiger partial charge in [0.1, 0.15) is 36.8 Å². The summed E-state index contributed by atoms with van der Waals surface area (Å²) in [4.78, 5) is 68.2. The van der Waals surface area contributed by atoms with Crippen LogP contribution in [0.1, 0.15) is 77.3 Å². The third-order valence-electron chi connectivity index (χ3n) is 11.8. The highest BCUT2D eigenvalue weighted by Gasteiger charge is 2.49. The number of amides is 1. The number of cyclic esters (lactones) is 1. The minimum atomic E-state index is -2.09. The van der Waals surface area contributed by atoms with Gasteiger partial charge in [-0.1, -0.05) is 13.0 Å². The number of nitro benzene ring substituents is 1. The number of benzene rings is 2. The van der Waals surface area contributed by atoms with Crippen LogP contribution < -0.4 is 15.6 Å². The van der Waals surface area contributed by atoms with Crippen molar-refractivity contribution >= 4 is 34.6 Å². The topological polar surface area (TPSA) is 279 Å². The summed E-state index contributed by atoms with van der Waals surface area (Å²) < 4.78 is 38.3. The third kappa shape index (κ3) is 6.61. The molecule has 5 heterocycles. The van der Waals surface area contributed by atoms with Crippen molar-refractivity contribution in [2.24, 2.45) is 0 Å². The third-order valence-corrected chi connectivity index (χ3v) is 11.8. The smallest absolute Gasteiger partial charge is 0.408 e. The first-order valence-corrected chi connectivity index (χ1v) is 19.1.